The number of aromatic nitrogens is 4. The number of amides is 1. The van der Waals surface area contributed by atoms with Gasteiger partial charge in [0.15, 0.2) is 11.5 Å². The standard InChI is InChI=1S/C24H20ClFN6O3/c1-32-21-19(22(31-32)27-10-12-2-6-17(26)16(25)8-12)28-11-29-20(21)23(33)30-18-7-4-13-9-14(24(34)35)3-5-15(13)18/h2-3,5-6,8-9,11,18H,4,7,10H2,1H3,(H,27,31)(H,30,33)(H,34,35)/t18-/m0/s1. The second-order valence-corrected chi connectivity index (χ2v) is 8.68. The van der Waals surface area contributed by atoms with Crippen LogP contribution in [0, 0.1) is 5.82 Å². The quantitative estimate of drug-likeness (QED) is 0.371. The van der Waals surface area contributed by atoms with E-state index in [0.717, 1.165) is 16.7 Å². The molecule has 1 amide bonds. The van der Waals surface area contributed by atoms with Gasteiger partial charge in [-0.15, -0.1) is 0 Å². The Morgan fingerprint density at radius 2 is 2.06 bits per heavy atom. The number of carboxylic acid groups (broad SMARTS) is 1. The van der Waals surface area contributed by atoms with Crippen molar-refractivity contribution in [1.29, 1.82) is 0 Å². The number of aryl methyl sites for hydroxylation is 2. The van der Waals surface area contributed by atoms with Gasteiger partial charge in [-0.2, -0.15) is 5.10 Å². The van der Waals surface area contributed by atoms with E-state index in [1.165, 1.54) is 23.1 Å². The number of nitrogens with zero attached hydrogens (tertiary/aromatic N) is 4. The van der Waals surface area contributed by atoms with Crippen molar-refractivity contribution in [3.8, 4) is 0 Å². The molecule has 1 aliphatic rings. The molecule has 3 N–H and O–H groups in total. The van der Waals surface area contributed by atoms with Gasteiger partial charge in [-0.25, -0.2) is 19.2 Å². The molecule has 4 aromatic rings. The lowest BCUT2D eigenvalue weighted by Gasteiger charge is -2.14. The fourth-order valence-corrected chi connectivity index (χ4v) is 4.56. The molecular weight excluding hydrogens is 475 g/mol. The number of hydrogen-bond acceptors (Lipinski definition) is 6. The molecule has 2 aromatic heterocycles. The average Bonchev–Trinajstić information content (AvgIpc) is 3.39. The molecule has 2 aromatic carbocycles. The van der Waals surface area contributed by atoms with Crippen LogP contribution in [0.2, 0.25) is 5.02 Å². The Labute approximate surface area is 204 Å². The van der Waals surface area contributed by atoms with E-state index in [1.54, 1.807) is 31.3 Å². The van der Waals surface area contributed by atoms with E-state index < -0.39 is 11.8 Å². The minimum absolute atomic E-state index is 0.0316. The molecule has 0 bridgehead atoms. The molecular formula is C24H20ClFN6O3. The molecule has 0 aliphatic heterocycles. The van der Waals surface area contributed by atoms with Crippen LogP contribution in [0.5, 0.6) is 0 Å². The molecule has 0 fully saturated rings. The SMILES string of the molecule is Cn1nc(NCc2ccc(F)c(Cl)c2)c2ncnc(C(=O)N[C@H]3CCc4cc(C(=O)O)ccc43)c21. The highest BCUT2D eigenvalue weighted by atomic mass is 35.5. The molecule has 1 atom stereocenters. The first-order valence-corrected chi connectivity index (χ1v) is 11.2. The predicted molar refractivity (Wildman–Crippen MR) is 127 cm³/mol. The third-order valence-corrected chi connectivity index (χ3v) is 6.34. The number of hydrogen-bond donors (Lipinski definition) is 3. The number of fused-ring (bicyclic) bond motifs is 2. The van der Waals surface area contributed by atoms with Gasteiger partial charge in [0.1, 0.15) is 23.2 Å². The zero-order chi connectivity index (χ0) is 24.7. The Hall–Kier alpha value is -4.05. The zero-order valence-electron chi connectivity index (χ0n) is 18.5. The van der Waals surface area contributed by atoms with Crippen LogP contribution in [0.4, 0.5) is 10.2 Å². The number of carbonyl (C=O) groups is 2. The average molecular weight is 495 g/mol. The van der Waals surface area contributed by atoms with E-state index in [0.29, 0.717) is 36.2 Å². The Morgan fingerprint density at radius 3 is 2.83 bits per heavy atom. The van der Waals surface area contributed by atoms with E-state index in [1.807, 2.05) is 0 Å². The van der Waals surface area contributed by atoms with Crippen molar-refractivity contribution in [2.45, 2.75) is 25.4 Å². The largest absolute Gasteiger partial charge is 0.478 e. The number of carbonyl (C=O) groups excluding carboxylic acids is 1. The Bertz CT molecular complexity index is 1490. The normalized spacial score (nSPS) is 14.7. The van der Waals surface area contributed by atoms with Crippen LogP contribution in [-0.4, -0.2) is 36.7 Å². The van der Waals surface area contributed by atoms with Gasteiger partial charge >= 0.3 is 5.97 Å². The lowest BCUT2D eigenvalue weighted by molar-refractivity contribution is 0.0696. The molecule has 1 aliphatic carbocycles. The van der Waals surface area contributed by atoms with Crippen molar-refractivity contribution in [2.75, 3.05) is 5.32 Å². The van der Waals surface area contributed by atoms with E-state index in [2.05, 4.69) is 25.7 Å². The molecule has 2 heterocycles. The first kappa shape index (κ1) is 22.7. The molecule has 35 heavy (non-hydrogen) atoms. The number of aromatic carboxylic acids is 1. The molecule has 0 saturated carbocycles. The smallest absolute Gasteiger partial charge is 0.335 e. The van der Waals surface area contributed by atoms with Gasteiger partial charge in [0, 0.05) is 13.6 Å². The maximum absolute atomic E-state index is 13.4. The van der Waals surface area contributed by atoms with E-state index in [9.17, 15) is 19.1 Å². The van der Waals surface area contributed by atoms with E-state index in [-0.39, 0.29) is 28.2 Å². The molecule has 11 heteroatoms. The molecule has 178 valence electrons. The van der Waals surface area contributed by atoms with Gasteiger partial charge in [0.05, 0.1) is 16.6 Å². The number of nitrogens with one attached hydrogen (secondary N) is 2. The summed E-state index contributed by atoms with van der Waals surface area (Å²) in [6.07, 6.45) is 2.64. The maximum Gasteiger partial charge on any atom is 0.335 e. The summed E-state index contributed by atoms with van der Waals surface area (Å²) in [5, 5.41) is 19.9. The van der Waals surface area contributed by atoms with Crippen LogP contribution in [-0.2, 0) is 20.0 Å². The fraction of sp³-hybridized carbons (Fsp3) is 0.208. The molecule has 0 radical (unpaired) electrons. The Kier molecular flexibility index (Phi) is 5.81. The lowest BCUT2D eigenvalue weighted by atomic mass is 10.0. The second-order valence-electron chi connectivity index (χ2n) is 8.28. The number of benzene rings is 2. The van der Waals surface area contributed by atoms with Crippen molar-refractivity contribution < 1.29 is 19.1 Å². The molecule has 0 spiro atoms. The van der Waals surface area contributed by atoms with E-state index >= 15 is 0 Å². The molecule has 0 unspecified atom stereocenters. The zero-order valence-corrected chi connectivity index (χ0v) is 19.3. The highest BCUT2D eigenvalue weighted by Crippen LogP contribution is 2.32. The summed E-state index contributed by atoms with van der Waals surface area (Å²) in [7, 11) is 1.70. The van der Waals surface area contributed by atoms with Crippen molar-refractivity contribution in [3.63, 3.8) is 0 Å². The predicted octanol–water partition coefficient (Wildman–Crippen LogP) is 3.88. The first-order chi connectivity index (χ1) is 16.8. The molecule has 5 rings (SSSR count). The minimum Gasteiger partial charge on any atom is -0.478 e. The van der Waals surface area contributed by atoms with Gasteiger partial charge in [0.2, 0.25) is 0 Å². The number of rotatable bonds is 6. The van der Waals surface area contributed by atoms with Crippen LogP contribution < -0.4 is 10.6 Å². The number of halogens is 2. The maximum atomic E-state index is 13.4. The van der Waals surface area contributed by atoms with Crippen LogP contribution in [0.15, 0.2) is 42.7 Å². The third kappa shape index (κ3) is 4.28. The van der Waals surface area contributed by atoms with Crippen molar-refractivity contribution >= 4 is 40.3 Å². The van der Waals surface area contributed by atoms with Crippen LogP contribution >= 0.6 is 11.6 Å². The van der Waals surface area contributed by atoms with Gasteiger partial charge in [0.25, 0.3) is 5.91 Å². The van der Waals surface area contributed by atoms with Gasteiger partial charge in [-0.1, -0.05) is 23.7 Å². The summed E-state index contributed by atoms with van der Waals surface area (Å²) in [5.74, 6) is -1.40. The summed E-state index contributed by atoms with van der Waals surface area (Å²) in [5.41, 5.74) is 3.91. The van der Waals surface area contributed by atoms with Crippen molar-refractivity contribution in [2.24, 2.45) is 7.05 Å². The molecule has 0 saturated heterocycles. The summed E-state index contributed by atoms with van der Waals surface area (Å²) in [4.78, 5) is 33.0. The first-order valence-electron chi connectivity index (χ1n) is 10.8. The highest BCUT2D eigenvalue weighted by molar-refractivity contribution is 6.30. The summed E-state index contributed by atoms with van der Waals surface area (Å²) < 4.78 is 15.0. The summed E-state index contributed by atoms with van der Waals surface area (Å²) in [6.45, 7) is 0.328. The number of anilines is 1. The van der Waals surface area contributed by atoms with Crippen LogP contribution in [0.25, 0.3) is 11.0 Å². The highest BCUT2D eigenvalue weighted by Gasteiger charge is 2.27. The summed E-state index contributed by atoms with van der Waals surface area (Å²) in [6, 6.07) is 9.14. The fourth-order valence-electron chi connectivity index (χ4n) is 4.35. The molecule has 9 nitrogen and oxygen atoms in total. The summed E-state index contributed by atoms with van der Waals surface area (Å²) >= 11 is 5.86. The lowest BCUT2D eigenvalue weighted by Crippen LogP contribution is -2.28. The van der Waals surface area contributed by atoms with E-state index in [4.69, 9.17) is 11.6 Å². The second kappa shape index (κ2) is 8.95. The third-order valence-electron chi connectivity index (χ3n) is 6.05. The minimum atomic E-state index is -0.980. The van der Waals surface area contributed by atoms with Crippen LogP contribution in [0.3, 0.4) is 0 Å². The van der Waals surface area contributed by atoms with Gasteiger partial charge < -0.3 is 15.7 Å². The topological polar surface area (TPSA) is 122 Å². The Balaban J connectivity index is 1.38. The van der Waals surface area contributed by atoms with Gasteiger partial charge in [-0.05, 0) is 53.8 Å². The monoisotopic (exact) mass is 494 g/mol. The Morgan fingerprint density at radius 1 is 1.23 bits per heavy atom. The van der Waals surface area contributed by atoms with Crippen molar-refractivity contribution in [1.82, 2.24) is 25.1 Å². The number of carboxylic acids is 1. The van der Waals surface area contributed by atoms with Crippen molar-refractivity contribution in [3.05, 3.63) is 81.5 Å². The van der Waals surface area contributed by atoms with Gasteiger partial charge in [-0.3, -0.25) is 9.48 Å². The van der Waals surface area contributed by atoms with Crippen LogP contribution in [0.1, 0.15) is 50.0 Å².